The molecule has 2 rings (SSSR count). The maximum absolute atomic E-state index is 3.75. The summed E-state index contributed by atoms with van der Waals surface area (Å²) in [7, 11) is 0. The molecule has 1 saturated carbocycles. The van der Waals surface area contributed by atoms with E-state index in [4.69, 9.17) is 0 Å². The average Bonchev–Trinajstić information content (AvgIpc) is 2.89. The molecule has 1 aromatic rings. The lowest BCUT2D eigenvalue weighted by atomic mass is 9.75. The van der Waals surface area contributed by atoms with Gasteiger partial charge in [0.2, 0.25) is 0 Å². The lowest BCUT2D eigenvalue weighted by molar-refractivity contribution is 0.214. The van der Waals surface area contributed by atoms with Gasteiger partial charge in [-0.2, -0.15) is 0 Å². The summed E-state index contributed by atoms with van der Waals surface area (Å²) in [6, 6.07) is 2.98. The van der Waals surface area contributed by atoms with Gasteiger partial charge < -0.3 is 5.32 Å². The molecule has 0 aliphatic heterocycles. The summed E-state index contributed by atoms with van der Waals surface area (Å²) in [5.41, 5.74) is 1.53. The number of rotatable bonds is 7. The molecule has 0 spiro atoms. The largest absolute Gasteiger partial charge is 0.310 e. The second-order valence-corrected chi connectivity index (χ2v) is 7.56. The van der Waals surface area contributed by atoms with Crippen LogP contribution >= 0.6 is 11.3 Å². The van der Waals surface area contributed by atoms with Crippen molar-refractivity contribution in [3.05, 3.63) is 21.9 Å². The van der Waals surface area contributed by atoms with E-state index < -0.39 is 0 Å². The van der Waals surface area contributed by atoms with E-state index in [1.807, 2.05) is 11.3 Å². The molecule has 1 aliphatic carbocycles. The minimum absolute atomic E-state index is 0.595. The van der Waals surface area contributed by atoms with Gasteiger partial charge in [-0.05, 0) is 55.2 Å². The van der Waals surface area contributed by atoms with Gasteiger partial charge in [-0.3, -0.25) is 0 Å². The molecule has 1 heterocycles. The quantitative estimate of drug-likeness (QED) is 0.679. The molecule has 1 aliphatic rings. The molecular weight excluding hydrogens is 262 g/mol. The Bertz CT molecular complexity index is 377. The standard InChI is InChI=1S/C18H31NS/c1-4-6-7-15-8-10-16(11-9-15)18(19-5-2)17-12-14(3)20-13-17/h12-13,15-16,18-19H,4-11H2,1-3H3. The van der Waals surface area contributed by atoms with Gasteiger partial charge in [0.1, 0.15) is 0 Å². The van der Waals surface area contributed by atoms with Gasteiger partial charge in [0.25, 0.3) is 0 Å². The van der Waals surface area contributed by atoms with E-state index in [9.17, 15) is 0 Å². The molecule has 1 nitrogen and oxygen atoms in total. The van der Waals surface area contributed by atoms with Crippen LogP contribution in [0.15, 0.2) is 11.4 Å². The monoisotopic (exact) mass is 293 g/mol. The SMILES string of the molecule is CCCCC1CCC(C(NCC)c2csc(C)c2)CC1. The Hall–Kier alpha value is -0.340. The van der Waals surface area contributed by atoms with Crippen LogP contribution in [0.2, 0.25) is 0 Å². The molecule has 1 unspecified atom stereocenters. The van der Waals surface area contributed by atoms with Crippen molar-refractivity contribution in [2.75, 3.05) is 6.54 Å². The first kappa shape index (κ1) is 16.0. The molecule has 1 atom stereocenters. The summed E-state index contributed by atoms with van der Waals surface area (Å²) < 4.78 is 0. The fraction of sp³-hybridized carbons (Fsp3) is 0.778. The third-order valence-corrected chi connectivity index (χ3v) is 5.74. The number of hydrogen-bond acceptors (Lipinski definition) is 2. The Labute approximate surface area is 129 Å². The van der Waals surface area contributed by atoms with Gasteiger partial charge in [-0.25, -0.2) is 0 Å². The van der Waals surface area contributed by atoms with E-state index in [2.05, 4.69) is 37.5 Å². The van der Waals surface area contributed by atoms with E-state index in [0.29, 0.717) is 6.04 Å². The Morgan fingerprint density at radius 1 is 1.25 bits per heavy atom. The Kier molecular flexibility index (Phi) is 6.57. The second-order valence-electron chi connectivity index (χ2n) is 6.45. The van der Waals surface area contributed by atoms with E-state index in [0.717, 1.165) is 18.4 Å². The second kappa shape index (κ2) is 8.19. The zero-order valence-electron chi connectivity index (χ0n) is 13.5. The molecule has 2 heteroatoms. The van der Waals surface area contributed by atoms with Gasteiger partial charge in [0, 0.05) is 10.9 Å². The maximum Gasteiger partial charge on any atom is 0.0356 e. The normalized spacial score (nSPS) is 24.8. The smallest absolute Gasteiger partial charge is 0.0356 e. The Morgan fingerprint density at radius 2 is 2.00 bits per heavy atom. The predicted molar refractivity (Wildman–Crippen MR) is 90.4 cm³/mol. The van der Waals surface area contributed by atoms with Crippen LogP contribution in [0.3, 0.4) is 0 Å². The summed E-state index contributed by atoms with van der Waals surface area (Å²) in [5.74, 6) is 1.86. The summed E-state index contributed by atoms with van der Waals surface area (Å²) >= 11 is 1.89. The van der Waals surface area contributed by atoms with Crippen molar-refractivity contribution >= 4 is 11.3 Å². The van der Waals surface area contributed by atoms with E-state index in [-0.39, 0.29) is 0 Å². The highest BCUT2D eigenvalue weighted by Gasteiger charge is 2.28. The maximum atomic E-state index is 3.75. The molecule has 1 aromatic heterocycles. The fourth-order valence-corrected chi connectivity index (χ4v) is 4.45. The van der Waals surface area contributed by atoms with Crippen LogP contribution in [0.5, 0.6) is 0 Å². The number of unbranched alkanes of at least 4 members (excludes halogenated alkanes) is 1. The van der Waals surface area contributed by atoms with Crippen LogP contribution in [0.4, 0.5) is 0 Å². The molecule has 0 amide bonds. The van der Waals surface area contributed by atoms with Crippen LogP contribution in [0.25, 0.3) is 0 Å². The summed E-state index contributed by atoms with van der Waals surface area (Å²) in [6.45, 7) is 7.85. The van der Waals surface area contributed by atoms with Crippen LogP contribution in [-0.4, -0.2) is 6.54 Å². The summed E-state index contributed by atoms with van der Waals surface area (Å²) in [4.78, 5) is 1.44. The van der Waals surface area contributed by atoms with Gasteiger partial charge in [0.05, 0.1) is 0 Å². The summed E-state index contributed by atoms with van der Waals surface area (Å²) in [6.07, 6.45) is 9.99. The first-order valence-electron chi connectivity index (χ1n) is 8.53. The minimum atomic E-state index is 0.595. The van der Waals surface area contributed by atoms with Gasteiger partial charge >= 0.3 is 0 Å². The lowest BCUT2D eigenvalue weighted by Gasteiger charge is -2.34. The molecule has 0 aromatic carbocycles. The van der Waals surface area contributed by atoms with E-state index in [1.165, 1.54) is 55.4 Å². The van der Waals surface area contributed by atoms with Crippen molar-refractivity contribution in [3.63, 3.8) is 0 Å². The Morgan fingerprint density at radius 3 is 2.55 bits per heavy atom. The van der Waals surface area contributed by atoms with Crippen molar-refractivity contribution in [3.8, 4) is 0 Å². The summed E-state index contributed by atoms with van der Waals surface area (Å²) in [5, 5.41) is 6.11. The highest BCUT2D eigenvalue weighted by Crippen LogP contribution is 2.39. The van der Waals surface area contributed by atoms with Crippen LogP contribution in [0.1, 0.15) is 75.3 Å². The third kappa shape index (κ3) is 4.33. The number of thiophene rings is 1. The van der Waals surface area contributed by atoms with Gasteiger partial charge in [-0.15, -0.1) is 11.3 Å². The highest BCUT2D eigenvalue weighted by atomic mass is 32.1. The molecule has 1 N–H and O–H groups in total. The van der Waals surface area contributed by atoms with Crippen LogP contribution in [-0.2, 0) is 0 Å². The molecule has 0 bridgehead atoms. The topological polar surface area (TPSA) is 12.0 Å². The molecule has 0 saturated heterocycles. The third-order valence-electron chi connectivity index (χ3n) is 4.86. The number of nitrogens with one attached hydrogen (secondary N) is 1. The lowest BCUT2D eigenvalue weighted by Crippen LogP contribution is -2.30. The minimum Gasteiger partial charge on any atom is -0.310 e. The number of hydrogen-bond donors (Lipinski definition) is 1. The van der Waals surface area contributed by atoms with Crippen molar-refractivity contribution in [1.82, 2.24) is 5.32 Å². The Balaban J connectivity index is 1.91. The molecule has 20 heavy (non-hydrogen) atoms. The molecular formula is C18H31NS. The van der Waals surface area contributed by atoms with Crippen LogP contribution < -0.4 is 5.32 Å². The zero-order valence-corrected chi connectivity index (χ0v) is 14.3. The first-order chi connectivity index (χ1) is 9.74. The molecule has 0 radical (unpaired) electrons. The zero-order chi connectivity index (χ0) is 14.4. The molecule has 1 fully saturated rings. The van der Waals surface area contributed by atoms with Gasteiger partial charge in [-0.1, -0.05) is 46.0 Å². The highest BCUT2D eigenvalue weighted by molar-refractivity contribution is 7.10. The van der Waals surface area contributed by atoms with Crippen molar-refractivity contribution in [2.45, 2.75) is 71.8 Å². The predicted octanol–water partition coefficient (Wildman–Crippen LogP) is 5.70. The van der Waals surface area contributed by atoms with Crippen molar-refractivity contribution in [2.24, 2.45) is 11.8 Å². The average molecular weight is 294 g/mol. The van der Waals surface area contributed by atoms with Crippen molar-refractivity contribution in [1.29, 1.82) is 0 Å². The van der Waals surface area contributed by atoms with Crippen molar-refractivity contribution < 1.29 is 0 Å². The fourth-order valence-electron chi connectivity index (χ4n) is 3.71. The van der Waals surface area contributed by atoms with E-state index in [1.54, 1.807) is 0 Å². The van der Waals surface area contributed by atoms with Crippen LogP contribution in [0, 0.1) is 18.8 Å². The molecule has 114 valence electrons. The van der Waals surface area contributed by atoms with E-state index >= 15 is 0 Å². The first-order valence-corrected chi connectivity index (χ1v) is 9.41. The van der Waals surface area contributed by atoms with Gasteiger partial charge in [0.15, 0.2) is 0 Å². The number of aryl methyl sites for hydroxylation is 1.